The van der Waals surface area contributed by atoms with Gasteiger partial charge in [0.15, 0.2) is 5.96 Å². The minimum atomic E-state index is 0. The highest BCUT2D eigenvalue weighted by atomic mass is 127. The second-order valence-electron chi connectivity index (χ2n) is 7.72. The lowest BCUT2D eigenvalue weighted by atomic mass is 10.1. The number of carbonyl (C=O) groups excluding carboxylic acids is 1. The molecule has 2 heterocycles. The van der Waals surface area contributed by atoms with E-state index in [1.54, 1.807) is 19.0 Å². The van der Waals surface area contributed by atoms with Gasteiger partial charge in [-0.3, -0.25) is 9.69 Å². The van der Waals surface area contributed by atoms with Crippen LogP contribution < -0.4 is 5.32 Å². The van der Waals surface area contributed by atoms with Gasteiger partial charge in [-0.05, 0) is 12.3 Å². The number of hydrogen-bond donors (Lipinski definition) is 1. The maximum absolute atomic E-state index is 11.9. The molecule has 2 fully saturated rings. The second-order valence-corrected chi connectivity index (χ2v) is 7.72. The number of nitrogens with zero attached hydrogens (tertiary/aromatic N) is 4. The van der Waals surface area contributed by atoms with E-state index in [-0.39, 0.29) is 36.4 Å². The van der Waals surface area contributed by atoms with Gasteiger partial charge >= 0.3 is 0 Å². The van der Waals surface area contributed by atoms with Crippen LogP contribution in [0.1, 0.15) is 20.3 Å². The van der Waals surface area contributed by atoms with Crippen molar-refractivity contribution in [2.45, 2.75) is 20.3 Å². The number of aliphatic imine (C=N–C) groups is 1. The van der Waals surface area contributed by atoms with Crippen LogP contribution in [0.25, 0.3) is 0 Å². The van der Waals surface area contributed by atoms with Crippen molar-refractivity contribution in [3.05, 3.63) is 0 Å². The number of carbonyl (C=O) groups is 1. The molecule has 0 radical (unpaired) electrons. The average molecular weight is 481 g/mol. The molecule has 1 atom stereocenters. The van der Waals surface area contributed by atoms with E-state index in [1.165, 1.54) is 0 Å². The van der Waals surface area contributed by atoms with Gasteiger partial charge in [0.2, 0.25) is 5.91 Å². The normalized spacial score (nSPS) is 21.7. The van der Waals surface area contributed by atoms with E-state index in [4.69, 9.17) is 4.74 Å². The first kappa shape index (κ1) is 23.4. The van der Waals surface area contributed by atoms with Crippen molar-refractivity contribution in [2.75, 3.05) is 73.1 Å². The summed E-state index contributed by atoms with van der Waals surface area (Å²) in [5.41, 5.74) is 0. The third-order valence-electron chi connectivity index (χ3n) is 4.73. The van der Waals surface area contributed by atoms with Crippen molar-refractivity contribution in [3.63, 3.8) is 0 Å². The molecule has 0 aromatic rings. The molecule has 1 N–H and O–H groups in total. The molecule has 0 aromatic heterocycles. The van der Waals surface area contributed by atoms with Crippen LogP contribution in [-0.4, -0.2) is 99.7 Å². The molecule has 2 saturated heterocycles. The van der Waals surface area contributed by atoms with Gasteiger partial charge < -0.3 is 19.9 Å². The summed E-state index contributed by atoms with van der Waals surface area (Å²) in [5.74, 6) is 2.13. The molecule has 2 aliphatic rings. The van der Waals surface area contributed by atoms with Crippen molar-refractivity contribution in [1.29, 1.82) is 0 Å². The molecule has 0 bridgehead atoms. The summed E-state index contributed by atoms with van der Waals surface area (Å²) in [6.07, 6.45) is 1.10. The Kier molecular flexibility index (Phi) is 10.8. The van der Waals surface area contributed by atoms with E-state index in [0.29, 0.717) is 11.8 Å². The molecule has 8 heteroatoms. The van der Waals surface area contributed by atoms with Gasteiger partial charge in [0.1, 0.15) is 6.54 Å². The fourth-order valence-electron chi connectivity index (χ4n) is 3.19. The smallest absolute Gasteiger partial charge is 0.243 e. The Hall–Kier alpha value is -0.610. The number of ether oxygens (including phenoxy) is 1. The molecule has 152 valence electrons. The topological polar surface area (TPSA) is 60.4 Å². The average Bonchev–Trinajstić information content (AvgIpc) is 3.08. The Morgan fingerprint density at radius 1 is 1.27 bits per heavy atom. The molecule has 0 aromatic carbocycles. The second kappa shape index (κ2) is 12.0. The van der Waals surface area contributed by atoms with Crippen molar-refractivity contribution >= 4 is 35.8 Å². The van der Waals surface area contributed by atoms with Gasteiger partial charge in [0, 0.05) is 65.9 Å². The Morgan fingerprint density at radius 2 is 1.96 bits per heavy atom. The van der Waals surface area contributed by atoms with Crippen molar-refractivity contribution in [3.8, 4) is 0 Å². The zero-order valence-corrected chi connectivity index (χ0v) is 19.1. The van der Waals surface area contributed by atoms with Crippen LogP contribution >= 0.6 is 24.0 Å². The number of nitrogens with one attached hydrogen (secondary N) is 1. The third-order valence-corrected chi connectivity index (χ3v) is 4.73. The zero-order chi connectivity index (χ0) is 18.2. The van der Waals surface area contributed by atoms with Crippen LogP contribution in [0.3, 0.4) is 0 Å². The van der Waals surface area contributed by atoms with Gasteiger partial charge in [-0.25, -0.2) is 4.99 Å². The molecule has 2 rings (SSSR count). The summed E-state index contributed by atoms with van der Waals surface area (Å²) in [6, 6.07) is 0. The molecule has 2 aliphatic heterocycles. The summed E-state index contributed by atoms with van der Waals surface area (Å²) in [6.45, 7) is 12.4. The van der Waals surface area contributed by atoms with Crippen LogP contribution in [0, 0.1) is 11.8 Å². The lowest BCUT2D eigenvalue weighted by Gasteiger charge is -2.37. The monoisotopic (exact) mass is 481 g/mol. The van der Waals surface area contributed by atoms with Gasteiger partial charge in [-0.1, -0.05) is 13.8 Å². The van der Waals surface area contributed by atoms with Crippen molar-refractivity contribution in [1.82, 2.24) is 20.0 Å². The predicted octanol–water partition coefficient (Wildman–Crippen LogP) is 0.948. The van der Waals surface area contributed by atoms with Gasteiger partial charge in [-0.2, -0.15) is 0 Å². The standard InChI is InChI=1S/C18H35N5O2.HI/c1-15(2)13-22-6-8-23(9-7-22)18(20-12-17(24)21(3)4)19-11-16-5-10-25-14-16;/h15-16H,5-14H2,1-4H3,(H,19,20);1H. The summed E-state index contributed by atoms with van der Waals surface area (Å²) in [7, 11) is 3.54. The van der Waals surface area contributed by atoms with Crippen molar-refractivity contribution in [2.24, 2.45) is 16.8 Å². The predicted molar refractivity (Wildman–Crippen MR) is 116 cm³/mol. The first-order chi connectivity index (χ1) is 12.0. The highest BCUT2D eigenvalue weighted by molar-refractivity contribution is 14.0. The van der Waals surface area contributed by atoms with E-state index in [9.17, 15) is 4.79 Å². The van der Waals surface area contributed by atoms with Gasteiger partial charge in [0.25, 0.3) is 0 Å². The fourth-order valence-corrected chi connectivity index (χ4v) is 3.19. The first-order valence-corrected chi connectivity index (χ1v) is 9.49. The van der Waals surface area contributed by atoms with E-state index in [2.05, 4.69) is 34.0 Å². The summed E-state index contributed by atoms with van der Waals surface area (Å²) in [5, 5.41) is 3.49. The number of amides is 1. The van der Waals surface area contributed by atoms with E-state index < -0.39 is 0 Å². The van der Waals surface area contributed by atoms with E-state index in [0.717, 1.165) is 64.9 Å². The molecule has 0 aliphatic carbocycles. The van der Waals surface area contributed by atoms with Crippen LogP contribution in [0.15, 0.2) is 4.99 Å². The highest BCUT2D eigenvalue weighted by Crippen LogP contribution is 2.11. The molecule has 0 spiro atoms. The lowest BCUT2D eigenvalue weighted by Crippen LogP contribution is -2.53. The van der Waals surface area contributed by atoms with Gasteiger partial charge in [-0.15, -0.1) is 24.0 Å². The van der Waals surface area contributed by atoms with Crippen LogP contribution in [0.4, 0.5) is 0 Å². The van der Waals surface area contributed by atoms with E-state index >= 15 is 0 Å². The Balaban J connectivity index is 0.00000338. The van der Waals surface area contributed by atoms with E-state index in [1.807, 2.05) is 0 Å². The molecule has 0 saturated carbocycles. The first-order valence-electron chi connectivity index (χ1n) is 9.49. The van der Waals surface area contributed by atoms with Crippen LogP contribution in [0.2, 0.25) is 0 Å². The Bertz CT molecular complexity index is 445. The minimum Gasteiger partial charge on any atom is -0.381 e. The van der Waals surface area contributed by atoms with Gasteiger partial charge in [0.05, 0.1) is 6.61 Å². The number of halogens is 1. The lowest BCUT2D eigenvalue weighted by molar-refractivity contribution is -0.127. The molecule has 1 unspecified atom stereocenters. The quantitative estimate of drug-likeness (QED) is 0.348. The molecule has 26 heavy (non-hydrogen) atoms. The Labute approximate surface area is 175 Å². The van der Waals surface area contributed by atoms with Crippen LogP contribution in [0.5, 0.6) is 0 Å². The summed E-state index contributed by atoms with van der Waals surface area (Å²) < 4.78 is 5.45. The summed E-state index contributed by atoms with van der Waals surface area (Å²) >= 11 is 0. The highest BCUT2D eigenvalue weighted by Gasteiger charge is 2.22. The number of hydrogen-bond acceptors (Lipinski definition) is 4. The molecular weight excluding hydrogens is 445 g/mol. The largest absolute Gasteiger partial charge is 0.381 e. The van der Waals surface area contributed by atoms with Crippen molar-refractivity contribution < 1.29 is 9.53 Å². The molecule has 7 nitrogen and oxygen atoms in total. The fraction of sp³-hybridized carbons (Fsp3) is 0.889. The number of rotatable bonds is 6. The maximum Gasteiger partial charge on any atom is 0.243 e. The number of guanidine groups is 1. The summed E-state index contributed by atoms with van der Waals surface area (Å²) in [4.78, 5) is 22.9. The van der Waals surface area contributed by atoms with Crippen LogP contribution in [-0.2, 0) is 9.53 Å². The maximum atomic E-state index is 11.9. The molecule has 1 amide bonds. The molecular formula is C18H36IN5O2. The third kappa shape index (κ3) is 7.96. The minimum absolute atomic E-state index is 0. The number of likely N-dealkylation sites (N-methyl/N-ethyl adjacent to an activating group) is 1. The number of piperazine rings is 1. The Morgan fingerprint density at radius 3 is 2.50 bits per heavy atom. The zero-order valence-electron chi connectivity index (χ0n) is 16.7. The SMILES string of the molecule is CC(C)CN1CCN(C(=NCC(=O)N(C)C)NCC2CCOC2)CC1.I.